The molecule has 108 valence electrons. The number of hydrogen-bond acceptors (Lipinski definition) is 5. The van der Waals surface area contributed by atoms with E-state index in [9.17, 15) is 8.42 Å². The van der Waals surface area contributed by atoms with Crippen LogP contribution in [0.5, 0.6) is 5.75 Å². The van der Waals surface area contributed by atoms with Crippen molar-refractivity contribution in [3.05, 3.63) is 18.2 Å². The van der Waals surface area contributed by atoms with Gasteiger partial charge in [0.05, 0.1) is 17.7 Å². The molecule has 1 rings (SSSR count). The van der Waals surface area contributed by atoms with Crippen LogP contribution in [0.2, 0.25) is 0 Å². The fourth-order valence-corrected chi connectivity index (χ4v) is 2.59. The fourth-order valence-electron chi connectivity index (χ4n) is 1.31. The third kappa shape index (κ3) is 4.09. The highest BCUT2D eigenvalue weighted by atomic mass is 32.2. The quantitative estimate of drug-likeness (QED) is 0.664. The van der Waals surface area contributed by atoms with Crippen molar-refractivity contribution >= 4 is 15.7 Å². The SMILES string of the molecule is COc1ccc(S(=O)(=O)NCC(C)(C)CO)cc1N. The molecule has 0 aliphatic carbocycles. The molecule has 0 fully saturated rings. The van der Waals surface area contributed by atoms with Gasteiger partial charge in [-0.1, -0.05) is 13.8 Å². The van der Waals surface area contributed by atoms with Crippen LogP contribution in [0.25, 0.3) is 0 Å². The third-order valence-electron chi connectivity index (χ3n) is 2.68. The summed E-state index contributed by atoms with van der Waals surface area (Å²) in [6, 6.07) is 4.26. The number of nitrogen functional groups attached to an aromatic ring is 1. The van der Waals surface area contributed by atoms with Crippen LogP contribution in [0.3, 0.4) is 0 Å². The molecule has 19 heavy (non-hydrogen) atoms. The second-order valence-electron chi connectivity index (χ2n) is 5.05. The summed E-state index contributed by atoms with van der Waals surface area (Å²) in [5, 5.41) is 9.10. The lowest BCUT2D eigenvalue weighted by atomic mass is 9.96. The molecule has 0 saturated heterocycles. The number of sulfonamides is 1. The first-order valence-electron chi connectivity index (χ1n) is 5.76. The van der Waals surface area contributed by atoms with Crippen LogP contribution < -0.4 is 15.2 Å². The molecule has 1 aromatic carbocycles. The van der Waals surface area contributed by atoms with Gasteiger partial charge in [0.1, 0.15) is 5.75 Å². The molecular formula is C12H20N2O4S. The topological polar surface area (TPSA) is 102 Å². The number of rotatable bonds is 6. The molecule has 7 heteroatoms. The molecule has 0 heterocycles. The minimum Gasteiger partial charge on any atom is -0.495 e. The summed E-state index contributed by atoms with van der Waals surface area (Å²) in [4.78, 5) is 0.0690. The van der Waals surface area contributed by atoms with E-state index in [0.29, 0.717) is 5.75 Å². The molecule has 0 bridgehead atoms. The lowest BCUT2D eigenvalue weighted by Crippen LogP contribution is -2.36. The van der Waals surface area contributed by atoms with Crippen LogP contribution in [-0.2, 0) is 10.0 Å². The van der Waals surface area contributed by atoms with E-state index >= 15 is 0 Å². The molecule has 0 amide bonds. The van der Waals surface area contributed by atoms with Crippen molar-refractivity contribution in [1.29, 1.82) is 0 Å². The van der Waals surface area contributed by atoms with Gasteiger partial charge in [-0.25, -0.2) is 13.1 Å². The minimum atomic E-state index is -3.65. The summed E-state index contributed by atoms with van der Waals surface area (Å²) in [5.41, 5.74) is 5.41. The zero-order valence-electron chi connectivity index (χ0n) is 11.3. The lowest BCUT2D eigenvalue weighted by molar-refractivity contribution is 0.163. The number of ether oxygens (including phenoxy) is 1. The molecule has 0 aliphatic rings. The van der Waals surface area contributed by atoms with Gasteiger partial charge < -0.3 is 15.6 Å². The highest BCUT2D eigenvalue weighted by Gasteiger charge is 2.22. The first-order chi connectivity index (χ1) is 8.72. The van der Waals surface area contributed by atoms with E-state index in [4.69, 9.17) is 15.6 Å². The van der Waals surface area contributed by atoms with Crippen molar-refractivity contribution in [3.8, 4) is 5.75 Å². The van der Waals surface area contributed by atoms with Crippen LogP contribution in [0.15, 0.2) is 23.1 Å². The predicted octanol–water partition coefficient (Wildman–Crippen LogP) is 0.574. The van der Waals surface area contributed by atoms with Gasteiger partial charge in [0.2, 0.25) is 10.0 Å². The Labute approximate surface area is 113 Å². The van der Waals surface area contributed by atoms with E-state index in [2.05, 4.69) is 4.72 Å². The smallest absolute Gasteiger partial charge is 0.240 e. The maximum Gasteiger partial charge on any atom is 0.240 e. The van der Waals surface area contributed by atoms with Crippen LogP contribution in [-0.4, -0.2) is 33.8 Å². The largest absolute Gasteiger partial charge is 0.495 e. The van der Waals surface area contributed by atoms with Crippen LogP contribution in [0, 0.1) is 5.41 Å². The Morgan fingerprint density at radius 1 is 1.42 bits per heavy atom. The number of aliphatic hydroxyl groups is 1. The summed E-state index contributed by atoms with van der Waals surface area (Å²) in [6.07, 6.45) is 0. The van der Waals surface area contributed by atoms with E-state index in [-0.39, 0.29) is 23.7 Å². The first kappa shape index (κ1) is 15.7. The Hall–Kier alpha value is -1.31. The monoisotopic (exact) mass is 288 g/mol. The van der Waals surface area contributed by atoms with Gasteiger partial charge in [0, 0.05) is 18.6 Å². The highest BCUT2D eigenvalue weighted by Crippen LogP contribution is 2.24. The van der Waals surface area contributed by atoms with Gasteiger partial charge >= 0.3 is 0 Å². The highest BCUT2D eigenvalue weighted by molar-refractivity contribution is 7.89. The van der Waals surface area contributed by atoms with Gasteiger partial charge in [0.25, 0.3) is 0 Å². The second kappa shape index (κ2) is 5.77. The van der Waals surface area contributed by atoms with Crippen molar-refractivity contribution in [2.24, 2.45) is 5.41 Å². The number of benzene rings is 1. The van der Waals surface area contributed by atoms with Crippen molar-refractivity contribution in [2.45, 2.75) is 18.7 Å². The summed E-state index contributed by atoms with van der Waals surface area (Å²) in [5.74, 6) is 0.426. The van der Waals surface area contributed by atoms with E-state index in [1.165, 1.54) is 25.3 Å². The maximum atomic E-state index is 12.1. The number of nitrogens with two attached hydrogens (primary N) is 1. The Morgan fingerprint density at radius 3 is 2.53 bits per heavy atom. The predicted molar refractivity (Wildman–Crippen MR) is 73.5 cm³/mol. The Bertz CT molecular complexity index is 541. The number of aliphatic hydroxyl groups excluding tert-OH is 1. The maximum absolute atomic E-state index is 12.1. The van der Waals surface area contributed by atoms with Gasteiger partial charge in [-0.05, 0) is 18.2 Å². The Morgan fingerprint density at radius 2 is 2.05 bits per heavy atom. The molecule has 4 N–H and O–H groups in total. The Kier molecular flexibility index (Phi) is 4.78. The second-order valence-corrected chi connectivity index (χ2v) is 6.82. The van der Waals surface area contributed by atoms with Crippen LogP contribution in [0.1, 0.15) is 13.8 Å². The van der Waals surface area contributed by atoms with Gasteiger partial charge in [-0.15, -0.1) is 0 Å². The molecule has 0 spiro atoms. The number of hydrogen-bond donors (Lipinski definition) is 3. The normalized spacial score (nSPS) is 12.4. The standard InChI is InChI=1S/C12H20N2O4S/c1-12(2,8-15)7-14-19(16,17)9-4-5-11(18-3)10(13)6-9/h4-6,14-15H,7-8,13H2,1-3H3. The molecule has 6 nitrogen and oxygen atoms in total. The first-order valence-corrected chi connectivity index (χ1v) is 7.24. The summed E-state index contributed by atoms with van der Waals surface area (Å²) < 4.78 is 31.5. The third-order valence-corrected chi connectivity index (χ3v) is 4.08. The van der Waals surface area contributed by atoms with E-state index in [1.54, 1.807) is 13.8 Å². The lowest BCUT2D eigenvalue weighted by Gasteiger charge is -2.21. The van der Waals surface area contributed by atoms with Gasteiger partial charge in [0.15, 0.2) is 0 Å². The molecular weight excluding hydrogens is 268 g/mol. The molecule has 0 saturated carbocycles. The molecule has 0 aliphatic heterocycles. The van der Waals surface area contributed by atoms with E-state index in [1.807, 2.05) is 0 Å². The molecule has 0 unspecified atom stereocenters. The number of nitrogens with one attached hydrogen (secondary N) is 1. The molecule has 0 aromatic heterocycles. The molecule has 0 atom stereocenters. The molecule has 0 radical (unpaired) electrons. The van der Waals surface area contributed by atoms with Crippen molar-refractivity contribution in [1.82, 2.24) is 4.72 Å². The summed E-state index contributed by atoms with van der Waals surface area (Å²) in [7, 11) is -2.19. The number of methoxy groups -OCH3 is 1. The fraction of sp³-hybridized carbons (Fsp3) is 0.500. The average Bonchev–Trinajstić information content (AvgIpc) is 2.36. The van der Waals surface area contributed by atoms with Gasteiger partial charge in [-0.2, -0.15) is 0 Å². The van der Waals surface area contributed by atoms with Crippen molar-refractivity contribution < 1.29 is 18.3 Å². The summed E-state index contributed by atoms with van der Waals surface area (Å²) in [6.45, 7) is 3.55. The van der Waals surface area contributed by atoms with Crippen LogP contribution in [0.4, 0.5) is 5.69 Å². The average molecular weight is 288 g/mol. The van der Waals surface area contributed by atoms with Crippen LogP contribution >= 0.6 is 0 Å². The van der Waals surface area contributed by atoms with E-state index in [0.717, 1.165) is 0 Å². The molecule has 1 aromatic rings. The number of anilines is 1. The van der Waals surface area contributed by atoms with Crippen molar-refractivity contribution in [2.75, 3.05) is 26.0 Å². The van der Waals surface area contributed by atoms with Crippen molar-refractivity contribution in [3.63, 3.8) is 0 Å². The Balaban J connectivity index is 2.92. The summed E-state index contributed by atoms with van der Waals surface area (Å²) >= 11 is 0. The zero-order valence-corrected chi connectivity index (χ0v) is 12.1. The minimum absolute atomic E-state index is 0.0690. The van der Waals surface area contributed by atoms with E-state index < -0.39 is 15.4 Å². The zero-order chi connectivity index (χ0) is 14.7. The van der Waals surface area contributed by atoms with Gasteiger partial charge in [-0.3, -0.25) is 0 Å².